The Hall–Kier alpha value is -0.410. The minimum absolute atomic E-state index is 0.199. The number of thiophene rings is 1. The second kappa shape index (κ2) is 6.36. The molecule has 16 heavy (non-hydrogen) atoms. The van der Waals surface area contributed by atoms with E-state index in [0.29, 0.717) is 0 Å². The molecule has 0 fully saturated rings. The third-order valence-corrected chi connectivity index (χ3v) is 4.40. The van der Waals surface area contributed by atoms with Crippen LogP contribution < -0.4 is 5.32 Å². The zero-order valence-corrected chi connectivity index (χ0v) is 12.2. The molecule has 5 heteroatoms. The van der Waals surface area contributed by atoms with Gasteiger partial charge in [-0.25, -0.2) is 0 Å². The maximum atomic E-state index is 9.11. The second-order valence-corrected chi connectivity index (χ2v) is 6.01. The number of hydrogen-bond acceptors (Lipinski definition) is 4. The number of nitriles is 1. The van der Waals surface area contributed by atoms with Crippen LogP contribution in [0.2, 0.25) is 0 Å². The monoisotopic (exact) mass is 301 g/mol. The van der Waals surface area contributed by atoms with E-state index in [4.69, 9.17) is 5.26 Å². The van der Waals surface area contributed by atoms with Crippen molar-refractivity contribution >= 4 is 27.3 Å². The topological polar surface area (TPSA) is 39.1 Å². The van der Waals surface area contributed by atoms with Crippen LogP contribution in [0.4, 0.5) is 0 Å². The molecule has 0 radical (unpaired) electrons. The summed E-state index contributed by atoms with van der Waals surface area (Å²) in [4.78, 5) is 4.38. The van der Waals surface area contributed by atoms with Gasteiger partial charge in [0.25, 0.3) is 0 Å². The fourth-order valence-corrected chi connectivity index (χ4v) is 2.85. The molecule has 0 amide bonds. The molecule has 0 spiro atoms. The van der Waals surface area contributed by atoms with Gasteiger partial charge in [0.2, 0.25) is 0 Å². The second-order valence-electron chi connectivity index (χ2n) is 3.87. The van der Waals surface area contributed by atoms with Gasteiger partial charge in [-0.1, -0.05) is 0 Å². The van der Waals surface area contributed by atoms with E-state index in [2.05, 4.69) is 32.2 Å². The average Bonchev–Trinajstić information content (AvgIpc) is 2.53. The fraction of sp³-hybridized carbons (Fsp3) is 0.545. The quantitative estimate of drug-likeness (QED) is 0.908. The Morgan fingerprint density at radius 2 is 2.31 bits per heavy atom. The first-order chi connectivity index (χ1) is 7.54. The van der Waals surface area contributed by atoms with Gasteiger partial charge in [-0.05, 0) is 43.0 Å². The van der Waals surface area contributed by atoms with Crippen molar-refractivity contribution in [3.63, 3.8) is 0 Å². The first kappa shape index (κ1) is 13.7. The third-order valence-electron chi connectivity index (χ3n) is 2.20. The van der Waals surface area contributed by atoms with Crippen LogP contribution in [0, 0.1) is 18.3 Å². The molecule has 1 N–H and O–H groups in total. The lowest BCUT2D eigenvalue weighted by Gasteiger charge is -2.13. The maximum absolute atomic E-state index is 9.11. The molecule has 1 heterocycles. The smallest absolute Gasteiger partial charge is 0.130 e. The molecule has 1 atom stereocenters. The van der Waals surface area contributed by atoms with Gasteiger partial charge in [0, 0.05) is 27.3 Å². The van der Waals surface area contributed by atoms with E-state index in [9.17, 15) is 0 Å². The van der Waals surface area contributed by atoms with Gasteiger partial charge in [0.05, 0.1) is 6.07 Å². The van der Waals surface area contributed by atoms with Gasteiger partial charge in [-0.3, -0.25) is 5.32 Å². The van der Waals surface area contributed by atoms with Crippen molar-refractivity contribution in [3.05, 3.63) is 20.3 Å². The summed E-state index contributed by atoms with van der Waals surface area (Å²) in [7, 11) is 4.05. The highest BCUT2D eigenvalue weighted by Gasteiger charge is 2.13. The van der Waals surface area contributed by atoms with Crippen molar-refractivity contribution in [2.24, 2.45) is 0 Å². The SMILES string of the molecule is Cc1sc(C(C#N)NCCN(C)C)cc1Br. The Balaban J connectivity index is 2.58. The molecule has 1 unspecified atom stereocenters. The molecule has 1 aromatic rings. The molecule has 0 aliphatic rings. The van der Waals surface area contributed by atoms with E-state index in [1.807, 2.05) is 27.1 Å². The molecule has 1 aromatic heterocycles. The minimum Gasteiger partial charge on any atom is -0.308 e. The Labute approximate surface area is 109 Å². The van der Waals surface area contributed by atoms with E-state index in [1.54, 1.807) is 11.3 Å². The van der Waals surface area contributed by atoms with Crippen LogP contribution in [0.1, 0.15) is 15.8 Å². The number of nitrogens with zero attached hydrogens (tertiary/aromatic N) is 2. The first-order valence-corrected chi connectivity index (χ1v) is 6.69. The van der Waals surface area contributed by atoms with Crippen LogP contribution in [0.3, 0.4) is 0 Å². The van der Waals surface area contributed by atoms with Crippen molar-refractivity contribution < 1.29 is 0 Å². The minimum atomic E-state index is -0.199. The molecule has 88 valence electrons. The maximum Gasteiger partial charge on any atom is 0.130 e. The van der Waals surface area contributed by atoms with Crippen LogP contribution in [-0.2, 0) is 0 Å². The number of halogens is 1. The van der Waals surface area contributed by atoms with Crippen molar-refractivity contribution in [2.45, 2.75) is 13.0 Å². The third kappa shape index (κ3) is 3.87. The summed E-state index contributed by atoms with van der Waals surface area (Å²) in [6.45, 7) is 3.80. The van der Waals surface area contributed by atoms with Gasteiger partial charge >= 0.3 is 0 Å². The lowest BCUT2D eigenvalue weighted by atomic mass is 10.2. The molecular weight excluding hydrogens is 286 g/mol. The summed E-state index contributed by atoms with van der Waals surface area (Å²) in [6.07, 6.45) is 0. The van der Waals surface area contributed by atoms with E-state index in [1.165, 1.54) is 4.88 Å². The molecule has 0 bridgehead atoms. The van der Waals surface area contributed by atoms with Crippen LogP contribution in [0.5, 0.6) is 0 Å². The summed E-state index contributed by atoms with van der Waals surface area (Å²) in [5, 5.41) is 12.4. The van der Waals surface area contributed by atoms with Crippen molar-refractivity contribution in [3.8, 4) is 6.07 Å². The van der Waals surface area contributed by atoms with Crippen LogP contribution in [0.15, 0.2) is 10.5 Å². The summed E-state index contributed by atoms with van der Waals surface area (Å²) in [5.41, 5.74) is 0. The highest BCUT2D eigenvalue weighted by Crippen LogP contribution is 2.30. The number of nitrogens with one attached hydrogen (secondary N) is 1. The van der Waals surface area contributed by atoms with Crippen LogP contribution in [0.25, 0.3) is 0 Å². The average molecular weight is 302 g/mol. The van der Waals surface area contributed by atoms with Gasteiger partial charge in [0.15, 0.2) is 0 Å². The van der Waals surface area contributed by atoms with Crippen molar-refractivity contribution in [2.75, 3.05) is 27.2 Å². The lowest BCUT2D eigenvalue weighted by molar-refractivity contribution is 0.395. The summed E-state index contributed by atoms with van der Waals surface area (Å²) >= 11 is 5.13. The Bertz CT molecular complexity index is 362. The molecule has 0 saturated carbocycles. The van der Waals surface area contributed by atoms with Crippen molar-refractivity contribution in [1.82, 2.24) is 10.2 Å². The number of aryl methyl sites for hydroxylation is 1. The normalized spacial score (nSPS) is 12.8. The van der Waals surface area contributed by atoms with Crippen molar-refractivity contribution in [1.29, 1.82) is 5.26 Å². The Kier molecular flexibility index (Phi) is 5.42. The lowest BCUT2D eigenvalue weighted by Crippen LogP contribution is -2.28. The Morgan fingerprint density at radius 3 is 2.75 bits per heavy atom. The summed E-state index contributed by atoms with van der Waals surface area (Å²) < 4.78 is 1.09. The zero-order chi connectivity index (χ0) is 12.1. The number of likely N-dealkylation sites (N-methyl/N-ethyl adjacent to an activating group) is 1. The van der Waals surface area contributed by atoms with E-state index in [0.717, 1.165) is 22.4 Å². The highest BCUT2D eigenvalue weighted by molar-refractivity contribution is 9.10. The standard InChI is InChI=1S/C11H16BrN3S/c1-8-9(12)6-11(16-8)10(7-13)14-4-5-15(2)3/h6,10,14H,4-5H2,1-3H3. The van der Waals surface area contributed by atoms with Crippen LogP contribution in [-0.4, -0.2) is 32.1 Å². The summed E-state index contributed by atoms with van der Waals surface area (Å²) in [6, 6.07) is 4.12. The predicted octanol–water partition coefficient (Wildman–Crippen LogP) is 2.53. The van der Waals surface area contributed by atoms with E-state index >= 15 is 0 Å². The molecular formula is C11H16BrN3S. The van der Waals surface area contributed by atoms with Gasteiger partial charge in [-0.2, -0.15) is 5.26 Å². The first-order valence-electron chi connectivity index (χ1n) is 5.08. The molecule has 0 saturated heterocycles. The highest BCUT2D eigenvalue weighted by atomic mass is 79.9. The molecule has 0 aromatic carbocycles. The molecule has 3 nitrogen and oxygen atoms in total. The van der Waals surface area contributed by atoms with E-state index < -0.39 is 0 Å². The number of rotatable bonds is 5. The molecule has 0 aliphatic carbocycles. The van der Waals surface area contributed by atoms with E-state index in [-0.39, 0.29) is 6.04 Å². The zero-order valence-electron chi connectivity index (χ0n) is 9.75. The van der Waals surface area contributed by atoms with Gasteiger partial charge in [0.1, 0.15) is 6.04 Å². The largest absolute Gasteiger partial charge is 0.308 e. The van der Waals surface area contributed by atoms with Gasteiger partial charge < -0.3 is 4.90 Å². The fourth-order valence-electron chi connectivity index (χ4n) is 1.27. The predicted molar refractivity (Wildman–Crippen MR) is 71.7 cm³/mol. The number of hydrogen-bond donors (Lipinski definition) is 1. The Morgan fingerprint density at radius 1 is 1.62 bits per heavy atom. The summed E-state index contributed by atoms with van der Waals surface area (Å²) in [5.74, 6) is 0. The van der Waals surface area contributed by atoms with Crippen LogP contribution >= 0.6 is 27.3 Å². The molecule has 1 rings (SSSR count). The van der Waals surface area contributed by atoms with Gasteiger partial charge in [-0.15, -0.1) is 11.3 Å². The molecule has 0 aliphatic heterocycles.